The Morgan fingerprint density at radius 3 is 2.75 bits per heavy atom. The molecule has 84 valence electrons. The summed E-state index contributed by atoms with van der Waals surface area (Å²) >= 11 is 0. The molecule has 0 radical (unpaired) electrons. The number of hydrogen-bond donors (Lipinski definition) is 1. The molecule has 1 aromatic carbocycles. The minimum atomic E-state index is -1.19. The van der Waals surface area contributed by atoms with E-state index in [9.17, 15) is 4.39 Å². The summed E-state index contributed by atoms with van der Waals surface area (Å²) in [7, 11) is 0. The maximum Gasteiger partial charge on any atom is 0.181 e. The first-order valence-electron chi connectivity index (χ1n) is 5.11. The highest BCUT2D eigenvalue weighted by atomic mass is 19.1. The highest BCUT2D eigenvalue weighted by Gasteiger charge is 2.12. The van der Waals surface area contributed by atoms with Crippen molar-refractivity contribution in [2.45, 2.75) is 19.3 Å². The van der Waals surface area contributed by atoms with Crippen molar-refractivity contribution in [3.63, 3.8) is 0 Å². The summed E-state index contributed by atoms with van der Waals surface area (Å²) in [6.45, 7) is -0.199. The van der Waals surface area contributed by atoms with Crippen molar-refractivity contribution in [3.05, 3.63) is 54.1 Å². The van der Waals surface area contributed by atoms with E-state index in [1.807, 2.05) is 30.3 Å². The van der Waals surface area contributed by atoms with Crippen LogP contribution in [0.4, 0.5) is 4.39 Å². The molecular weight excluding hydrogens is 207 g/mol. The van der Waals surface area contributed by atoms with E-state index in [4.69, 9.17) is 5.11 Å². The predicted octanol–water partition coefficient (Wildman–Crippen LogP) is 2.09. The lowest BCUT2D eigenvalue weighted by atomic mass is 10.1. The van der Waals surface area contributed by atoms with Crippen LogP contribution in [0.3, 0.4) is 0 Å². The largest absolute Gasteiger partial charge is 0.390 e. The fraction of sp³-hybridized carbons (Fsp3) is 0.250. The molecule has 1 aromatic heterocycles. The Morgan fingerprint density at radius 2 is 2.06 bits per heavy atom. The number of alkyl halides is 1. The SMILES string of the molecule is OCc1cncn1C(F)Cc1ccccc1. The third-order valence-electron chi connectivity index (χ3n) is 2.46. The molecule has 1 atom stereocenters. The van der Waals surface area contributed by atoms with Gasteiger partial charge in [-0.1, -0.05) is 30.3 Å². The fourth-order valence-electron chi connectivity index (χ4n) is 1.61. The van der Waals surface area contributed by atoms with Crippen molar-refractivity contribution in [1.29, 1.82) is 0 Å². The van der Waals surface area contributed by atoms with Crippen molar-refractivity contribution in [1.82, 2.24) is 9.55 Å². The second kappa shape index (κ2) is 4.90. The number of aliphatic hydroxyl groups excluding tert-OH is 1. The topological polar surface area (TPSA) is 38.1 Å². The van der Waals surface area contributed by atoms with Gasteiger partial charge in [-0.2, -0.15) is 0 Å². The number of hydrogen-bond acceptors (Lipinski definition) is 2. The molecule has 3 nitrogen and oxygen atoms in total. The van der Waals surface area contributed by atoms with E-state index in [0.29, 0.717) is 5.69 Å². The van der Waals surface area contributed by atoms with Gasteiger partial charge < -0.3 is 9.67 Å². The molecule has 0 spiro atoms. The molecule has 0 amide bonds. The van der Waals surface area contributed by atoms with Gasteiger partial charge in [0.05, 0.1) is 24.8 Å². The number of nitrogens with zero attached hydrogens (tertiary/aromatic N) is 2. The van der Waals surface area contributed by atoms with Crippen LogP contribution in [0, 0.1) is 0 Å². The Bertz CT molecular complexity index is 441. The molecule has 4 heteroatoms. The van der Waals surface area contributed by atoms with Gasteiger partial charge in [-0.25, -0.2) is 9.37 Å². The summed E-state index contributed by atoms with van der Waals surface area (Å²) in [5.41, 5.74) is 1.41. The van der Waals surface area contributed by atoms with Crippen molar-refractivity contribution in [2.24, 2.45) is 0 Å². The van der Waals surface area contributed by atoms with Gasteiger partial charge in [-0.3, -0.25) is 0 Å². The van der Waals surface area contributed by atoms with Gasteiger partial charge in [0.2, 0.25) is 0 Å². The first-order valence-corrected chi connectivity index (χ1v) is 5.11. The number of aromatic nitrogens is 2. The summed E-state index contributed by atoms with van der Waals surface area (Å²) in [4.78, 5) is 3.82. The molecular formula is C12H13FN2O. The Hall–Kier alpha value is -1.68. The first-order chi connectivity index (χ1) is 7.81. The fourth-order valence-corrected chi connectivity index (χ4v) is 1.61. The van der Waals surface area contributed by atoms with Crippen LogP contribution in [-0.4, -0.2) is 14.7 Å². The molecule has 16 heavy (non-hydrogen) atoms. The quantitative estimate of drug-likeness (QED) is 0.856. The molecule has 0 bridgehead atoms. The zero-order chi connectivity index (χ0) is 11.4. The second-order valence-corrected chi connectivity index (χ2v) is 3.57. The Kier molecular flexibility index (Phi) is 3.31. The van der Waals surface area contributed by atoms with Gasteiger partial charge >= 0.3 is 0 Å². The van der Waals surface area contributed by atoms with Crippen LogP contribution in [-0.2, 0) is 13.0 Å². The van der Waals surface area contributed by atoms with Crippen LogP contribution in [0.5, 0.6) is 0 Å². The monoisotopic (exact) mass is 220 g/mol. The summed E-state index contributed by atoms with van der Waals surface area (Å²) < 4.78 is 15.3. The van der Waals surface area contributed by atoms with Crippen LogP contribution >= 0.6 is 0 Å². The zero-order valence-corrected chi connectivity index (χ0v) is 8.75. The smallest absolute Gasteiger partial charge is 0.181 e. The maximum atomic E-state index is 13.9. The van der Waals surface area contributed by atoms with Crippen LogP contribution in [0.15, 0.2) is 42.9 Å². The minimum Gasteiger partial charge on any atom is -0.390 e. The number of benzene rings is 1. The highest BCUT2D eigenvalue weighted by molar-refractivity contribution is 5.15. The highest BCUT2D eigenvalue weighted by Crippen LogP contribution is 2.17. The molecule has 0 aliphatic rings. The van der Waals surface area contributed by atoms with Gasteiger partial charge in [0, 0.05) is 6.42 Å². The van der Waals surface area contributed by atoms with Gasteiger partial charge in [0.15, 0.2) is 6.30 Å². The van der Waals surface area contributed by atoms with E-state index in [1.165, 1.54) is 17.1 Å². The van der Waals surface area contributed by atoms with Gasteiger partial charge in [-0.05, 0) is 5.56 Å². The molecule has 2 rings (SSSR count). The van der Waals surface area contributed by atoms with E-state index in [2.05, 4.69) is 4.98 Å². The zero-order valence-electron chi connectivity index (χ0n) is 8.75. The summed E-state index contributed by atoms with van der Waals surface area (Å²) in [6, 6.07) is 9.41. The van der Waals surface area contributed by atoms with E-state index in [1.54, 1.807) is 0 Å². The van der Waals surface area contributed by atoms with E-state index in [-0.39, 0.29) is 13.0 Å². The third-order valence-corrected chi connectivity index (χ3v) is 2.46. The Morgan fingerprint density at radius 1 is 1.31 bits per heavy atom. The van der Waals surface area contributed by atoms with Crippen LogP contribution in [0.25, 0.3) is 0 Å². The molecule has 0 saturated carbocycles. The number of halogens is 1. The predicted molar refractivity (Wildman–Crippen MR) is 58.4 cm³/mol. The van der Waals surface area contributed by atoms with E-state index >= 15 is 0 Å². The molecule has 1 unspecified atom stereocenters. The van der Waals surface area contributed by atoms with Gasteiger partial charge in [0.25, 0.3) is 0 Å². The van der Waals surface area contributed by atoms with Crippen LogP contribution in [0.2, 0.25) is 0 Å². The minimum absolute atomic E-state index is 0.199. The molecule has 0 saturated heterocycles. The standard InChI is InChI=1S/C12H13FN2O/c13-12(6-10-4-2-1-3-5-10)15-9-14-7-11(15)8-16/h1-5,7,9,12,16H,6,8H2. The lowest BCUT2D eigenvalue weighted by molar-refractivity contribution is 0.209. The lowest BCUT2D eigenvalue weighted by Gasteiger charge is -2.12. The van der Waals surface area contributed by atoms with Crippen LogP contribution < -0.4 is 0 Å². The second-order valence-electron chi connectivity index (χ2n) is 3.57. The van der Waals surface area contributed by atoms with Crippen molar-refractivity contribution < 1.29 is 9.50 Å². The average molecular weight is 220 g/mol. The first kappa shape index (κ1) is 10.8. The molecule has 0 aliphatic heterocycles. The molecule has 2 aromatic rings. The molecule has 1 heterocycles. The summed E-state index contributed by atoms with van der Waals surface area (Å²) in [5, 5.41) is 8.99. The number of imidazole rings is 1. The normalized spacial score (nSPS) is 12.6. The summed E-state index contributed by atoms with van der Waals surface area (Å²) in [6.07, 6.45) is 1.97. The molecule has 0 aliphatic carbocycles. The summed E-state index contributed by atoms with van der Waals surface area (Å²) in [5.74, 6) is 0. The van der Waals surface area contributed by atoms with Crippen molar-refractivity contribution in [2.75, 3.05) is 0 Å². The van der Waals surface area contributed by atoms with Gasteiger partial charge in [0.1, 0.15) is 0 Å². The Balaban J connectivity index is 2.11. The van der Waals surface area contributed by atoms with Crippen LogP contribution in [0.1, 0.15) is 17.6 Å². The maximum absolute atomic E-state index is 13.9. The van der Waals surface area contributed by atoms with Crippen molar-refractivity contribution >= 4 is 0 Å². The third kappa shape index (κ3) is 2.28. The molecule has 1 N–H and O–H groups in total. The molecule has 0 fully saturated rings. The number of rotatable bonds is 4. The van der Waals surface area contributed by atoms with E-state index in [0.717, 1.165) is 5.56 Å². The average Bonchev–Trinajstić information content (AvgIpc) is 2.78. The van der Waals surface area contributed by atoms with E-state index < -0.39 is 6.30 Å². The Labute approximate surface area is 93.2 Å². The van der Waals surface area contributed by atoms with Crippen molar-refractivity contribution in [3.8, 4) is 0 Å². The number of aliphatic hydroxyl groups is 1. The lowest BCUT2D eigenvalue weighted by Crippen LogP contribution is -2.09. The van der Waals surface area contributed by atoms with Gasteiger partial charge in [-0.15, -0.1) is 0 Å².